The summed E-state index contributed by atoms with van der Waals surface area (Å²) in [6.45, 7) is 10.7. The lowest BCUT2D eigenvalue weighted by Crippen LogP contribution is -2.41. The highest BCUT2D eigenvalue weighted by molar-refractivity contribution is 9.09. The molecule has 0 aromatic carbocycles. The summed E-state index contributed by atoms with van der Waals surface area (Å²) in [7, 11) is -0.0414. The van der Waals surface area contributed by atoms with Crippen LogP contribution in [0.5, 0.6) is 0 Å². The molecule has 0 N–H and O–H groups in total. The van der Waals surface area contributed by atoms with E-state index in [1.165, 1.54) is 19.3 Å². The molecule has 0 aromatic rings. The first-order valence-corrected chi connectivity index (χ1v) is 7.34. The molecule has 1 aliphatic heterocycles. The molecule has 2 nitrogen and oxygen atoms in total. The molecular formula is C12H24BBrO2. The van der Waals surface area contributed by atoms with Gasteiger partial charge in [0.05, 0.1) is 11.2 Å². The Balaban J connectivity index is 2.46. The second-order valence-corrected chi connectivity index (χ2v) is 6.58. The molecule has 0 saturated carbocycles. The van der Waals surface area contributed by atoms with Crippen molar-refractivity contribution in [1.82, 2.24) is 0 Å². The summed E-state index contributed by atoms with van der Waals surface area (Å²) < 4.78 is 12.0. The minimum absolute atomic E-state index is 0.0414. The average molecular weight is 291 g/mol. The first-order valence-electron chi connectivity index (χ1n) is 6.22. The third-order valence-electron chi connectivity index (χ3n) is 3.78. The smallest absolute Gasteiger partial charge is 0.403 e. The lowest BCUT2D eigenvalue weighted by Gasteiger charge is -2.32. The van der Waals surface area contributed by atoms with Gasteiger partial charge in [-0.2, -0.15) is 0 Å². The van der Waals surface area contributed by atoms with Gasteiger partial charge in [-0.1, -0.05) is 35.7 Å². The van der Waals surface area contributed by atoms with Gasteiger partial charge in [-0.3, -0.25) is 0 Å². The summed E-state index contributed by atoms with van der Waals surface area (Å²) in [4.78, 5) is 0. The topological polar surface area (TPSA) is 18.5 Å². The number of hydrogen-bond acceptors (Lipinski definition) is 2. The molecule has 1 aliphatic rings. The van der Waals surface area contributed by atoms with Crippen LogP contribution in [0.2, 0.25) is 5.82 Å². The van der Waals surface area contributed by atoms with Crippen LogP contribution >= 0.6 is 15.9 Å². The standard InChI is InChI=1S/C12H24BBrO2/c1-10(8-6-7-9-14)13-15-11(2,3)12(4,5)16-13/h10H,6-9H2,1-5H3. The number of unbranched alkanes of at least 4 members (excludes halogenated alkanes) is 1. The van der Waals surface area contributed by atoms with Gasteiger partial charge in [0.1, 0.15) is 0 Å². The monoisotopic (exact) mass is 290 g/mol. The Morgan fingerprint density at radius 1 is 1.06 bits per heavy atom. The quantitative estimate of drug-likeness (QED) is 0.432. The fraction of sp³-hybridized carbons (Fsp3) is 1.00. The van der Waals surface area contributed by atoms with Crippen molar-refractivity contribution in [2.24, 2.45) is 0 Å². The highest BCUT2D eigenvalue weighted by Crippen LogP contribution is 2.40. The van der Waals surface area contributed by atoms with E-state index in [1.54, 1.807) is 0 Å². The largest absolute Gasteiger partial charge is 0.460 e. The molecule has 1 saturated heterocycles. The Morgan fingerprint density at radius 2 is 1.56 bits per heavy atom. The van der Waals surface area contributed by atoms with Crippen molar-refractivity contribution in [3.63, 3.8) is 0 Å². The van der Waals surface area contributed by atoms with Gasteiger partial charge in [-0.15, -0.1) is 0 Å². The third kappa shape index (κ3) is 3.24. The summed E-state index contributed by atoms with van der Waals surface area (Å²) >= 11 is 3.46. The summed E-state index contributed by atoms with van der Waals surface area (Å²) in [6.07, 6.45) is 3.63. The predicted molar refractivity (Wildman–Crippen MR) is 73.2 cm³/mol. The molecule has 0 bridgehead atoms. The molecule has 1 rings (SSSR count). The van der Waals surface area contributed by atoms with Crippen LogP contribution in [-0.2, 0) is 9.31 Å². The maximum absolute atomic E-state index is 6.02. The molecule has 0 aliphatic carbocycles. The Hall–Kier alpha value is 0.465. The SMILES string of the molecule is CC(CCCCBr)B1OC(C)(C)C(C)(C)O1. The number of halogens is 1. The van der Waals surface area contributed by atoms with E-state index < -0.39 is 0 Å². The predicted octanol–water partition coefficient (Wildman–Crippen LogP) is 4.03. The Morgan fingerprint density at radius 3 is 2.00 bits per heavy atom. The Labute approximate surface area is 109 Å². The van der Waals surface area contributed by atoms with Gasteiger partial charge >= 0.3 is 7.12 Å². The number of rotatable bonds is 5. The van der Waals surface area contributed by atoms with E-state index in [9.17, 15) is 0 Å². The van der Waals surface area contributed by atoms with Gasteiger partial charge in [-0.05, 0) is 39.9 Å². The highest BCUT2D eigenvalue weighted by atomic mass is 79.9. The molecule has 1 heterocycles. The second-order valence-electron chi connectivity index (χ2n) is 5.79. The molecule has 16 heavy (non-hydrogen) atoms. The zero-order chi connectivity index (χ0) is 12.4. The lowest BCUT2D eigenvalue weighted by atomic mass is 9.70. The molecule has 4 heteroatoms. The van der Waals surface area contributed by atoms with Crippen LogP contribution < -0.4 is 0 Å². The molecule has 1 unspecified atom stereocenters. The first kappa shape index (κ1) is 14.5. The summed E-state index contributed by atoms with van der Waals surface area (Å²) in [5.74, 6) is 0.472. The molecule has 0 aromatic heterocycles. The number of alkyl halides is 1. The molecule has 0 spiro atoms. The summed E-state index contributed by atoms with van der Waals surface area (Å²) in [5.41, 5.74) is -0.386. The van der Waals surface area contributed by atoms with Crippen LogP contribution in [0.3, 0.4) is 0 Å². The van der Waals surface area contributed by atoms with Crippen molar-refractivity contribution in [3.8, 4) is 0 Å². The van der Waals surface area contributed by atoms with Gasteiger partial charge in [0.15, 0.2) is 0 Å². The number of hydrogen-bond donors (Lipinski definition) is 0. The zero-order valence-corrected chi connectivity index (χ0v) is 12.8. The van der Waals surface area contributed by atoms with Gasteiger partial charge in [0.25, 0.3) is 0 Å². The minimum atomic E-state index is -0.193. The first-order chi connectivity index (χ1) is 7.30. The molecular weight excluding hydrogens is 267 g/mol. The van der Waals surface area contributed by atoms with Crippen molar-refractivity contribution >= 4 is 23.0 Å². The highest BCUT2D eigenvalue weighted by Gasteiger charge is 2.52. The van der Waals surface area contributed by atoms with E-state index >= 15 is 0 Å². The molecule has 94 valence electrons. The van der Waals surface area contributed by atoms with Crippen molar-refractivity contribution in [3.05, 3.63) is 0 Å². The maximum atomic E-state index is 6.02. The Kier molecular flexibility index (Phi) is 4.91. The minimum Gasteiger partial charge on any atom is -0.403 e. The fourth-order valence-electron chi connectivity index (χ4n) is 1.82. The van der Waals surface area contributed by atoms with Crippen LogP contribution in [0.25, 0.3) is 0 Å². The van der Waals surface area contributed by atoms with E-state index in [-0.39, 0.29) is 18.3 Å². The zero-order valence-electron chi connectivity index (χ0n) is 11.2. The molecule has 1 fully saturated rings. The van der Waals surface area contributed by atoms with Gasteiger partial charge in [0.2, 0.25) is 0 Å². The Bertz CT molecular complexity index is 215. The normalized spacial score (nSPS) is 24.8. The van der Waals surface area contributed by atoms with Crippen LogP contribution in [-0.4, -0.2) is 23.7 Å². The molecule has 0 radical (unpaired) electrons. The van der Waals surface area contributed by atoms with E-state index in [1.807, 2.05) is 0 Å². The van der Waals surface area contributed by atoms with E-state index in [2.05, 4.69) is 50.5 Å². The van der Waals surface area contributed by atoms with Gasteiger partial charge in [-0.25, -0.2) is 0 Å². The van der Waals surface area contributed by atoms with Crippen molar-refractivity contribution in [1.29, 1.82) is 0 Å². The van der Waals surface area contributed by atoms with Crippen LogP contribution in [0.4, 0.5) is 0 Å². The molecule has 0 amide bonds. The van der Waals surface area contributed by atoms with Crippen LogP contribution in [0.1, 0.15) is 53.9 Å². The van der Waals surface area contributed by atoms with Crippen molar-refractivity contribution in [2.75, 3.05) is 5.33 Å². The van der Waals surface area contributed by atoms with Gasteiger partial charge in [0, 0.05) is 5.33 Å². The van der Waals surface area contributed by atoms with E-state index in [0.717, 1.165) is 5.33 Å². The van der Waals surface area contributed by atoms with Crippen LogP contribution in [0, 0.1) is 0 Å². The fourth-order valence-corrected chi connectivity index (χ4v) is 2.21. The second kappa shape index (κ2) is 5.41. The van der Waals surface area contributed by atoms with Crippen molar-refractivity contribution < 1.29 is 9.31 Å². The third-order valence-corrected chi connectivity index (χ3v) is 4.34. The average Bonchev–Trinajstić information content (AvgIpc) is 2.36. The van der Waals surface area contributed by atoms with Crippen LogP contribution in [0.15, 0.2) is 0 Å². The summed E-state index contributed by atoms with van der Waals surface area (Å²) in [5, 5.41) is 1.09. The lowest BCUT2D eigenvalue weighted by molar-refractivity contribution is 0.00578. The molecule has 1 atom stereocenters. The van der Waals surface area contributed by atoms with Gasteiger partial charge < -0.3 is 9.31 Å². The summed E-state index contributed by atoms with van der Waals surface area (Å²) in [6, 6.07) is 0. The van der Waals surface area contributed by atoms with E-state index in [4.69, 9.17) is 9.31 Å². The van der Waals surface area contributed by atoms with E-state index in [0.29, 0.717) is 5.82 Å². The van der Waals surface area contributed by atoms with Crippen molar-refractivity contribution in [2.45, 2.75) is 70.9 Å². The maximum Gasteiger partial charge on any atom is 0.460 e.